The van der Waals surface area contributed by atoms with Gasteiger partial charge >= 0.3 is 0 Å². The zero-order valence-electron chi connectivity index (χ0n) is 9.05. The molecule has 1 aromatic heterocycles. The van der Waals surface area contributed by atoms with Gasteiger partial charge < -0.3 is 10.3 Å². The molecule has 14 heavy (non-hydrogen) atoms. The first-order valence-electron chi connectivity index (χ1n) is 5.21. The maximum absolute atomic E-state index is 3.47. The third-order valence-electron chi connectivity index (χ3n) is 2.32. The van der Waals surface area contributed by atoms with Gasteiger partial charge in [-0.25, -0.2) is 0 Å². The topological polar surface area (TPSA) is 27.8 Å². The van der Waals surface area contributed by atoms with Gasteiger partial charge in [-0.05, 0) is 51.1 Å². The number of unbranched alkanes of at least 4 members (excludes halogenated alkanes) is 1. The van der Waals surface area contributed by atoms with Crippen LogP contribution in [0, 0.1) is 0 Å². The molecule has 0 fully saturated rings. The summed E-state index contributed by atoms with van der Waals surface area (Å²) >= 11 is 1.86. The minimum absolute atomic E-state index is 0.584. The van der Waals surface area contributed by atoms with E-state index in [0.29, 0.717) is 5.37 Å². The molecule has 0 amide bonds. The van der Waals surface area contributed by atoms with Crippen LogP contribution >= 0.6 is 11.8 Å². The van der Waals surface area contributed by atoms with Crippen molar-refractivity contribution in [2.45, 2.75) is 31.6 Å². The van der Waals surface area contributed by atoms with E-state index in [2.05, 4.69) is 35.6 Å². The number of nitrogens with one attached hydrogen (secondary N) is 2. The van der Waals surface area contributed by atoms with Gasteiger partial charge in [-0.1, -0.05) is 0 Å². The highest BCUT2D eigenvalue weighted by Gasteiger charge is 1.97. The third kappa shape index (κ3) is 4.72. The summed E-state index contributed by atoms with van der Waals surface area (Å²) in [4.78, 5) is 3.22. The molecule has 0 radical (unpaired) electrons. The Bertz CT molecular complexity index is 221. The van der Waals surface area contributed by atoms with Crippen LogP contribution in [0.1, 0.15) is 25.5 Å². The first-order valence-corrected chi connectivity index (χ1v) is 6.50. The van der Waals surface area contributed by atoms with Crippen LogP contribution in [0.3, 0.4) is 0 Å². The number of aromatic amines is 1. The summed E-state index contributed by atoms with van der Waals surface area (Å²) in [7, 11) is 0. The SMILES string of the molecule is CSC(C)NCCCCc1ccc[nH]1. The van der Waals surface area contributed by atoms with Crippen molar-refractivity contribution in [3.63, 3.8) is 0 Å². The molecule has 3 heteroatoms. The van der Waals surface area contributed by atoms with Crippen LogP contribution < -0.4 is 5.32 Å². The van der Waals surface area contributed by atoms with Crippen LogP contribution in [0.15, 0.2) is 18.3 Å². The summed E-state index contributed by atoms with van der Waals surface area (Å²) in [5.41, 5.74) is 1.35. The molecular weight excluding hydrogens is 192 g/mol. The van der Waals surface area contributed by atoms with Gasteiger partial charge in [0.2, 0.25) is 0 Å². The van der Waals surface area contributed by atoms with Crippen LogP contribution in [0.2, 0.25) is 0 Å². The van der Waals surface area contributed by atoms with E-state index in [9.17, 15) is 0 Å². The summed E-state index contributed by atoms with van der Waals surface area (Å²) in [6.45, 7) is 3.33. The number of aryl methyl sites for hydroxylation is 1. The summed E-state index contributed by atoms with van der Waals surface area (Å²) in [5, 5.41) is 4.05. The Morgan fingerprint density at radius 1 is 1.50 bits per heavy atom. The fraction of sp³-hybridized carbons (Fsp3) is 0.636. The third-order valence-corrected chi connectivity index (χ3v) is 3.19. The smallest absolute Gasteiger partial charge is 0.0500 e. The van der Waals surface area contributed by atoms with Crippen molar-refractivity contribution in [1.29, 1.82) is 0 Å². The van der Waals surface area contributed by atoms with Crippen molar-refractivity contribution in [2.24, 2.45) is 0 Å². The monoisotopic (exact) mass is 212 g/mol. The van der Waals surface area contributed by atoms with Gasteiger partial charge in [-0.2, -0.15) is 0 Å². The van der Waals surface area contributed by atoms with Gasteiger partial charge in [-0.15, -0.1) is 11.8 Å². The maximum Gasteiger partial charge on any atom is 0.0500 e. The lowest BCUT2D eigenvalue weighted by Gasteiger charge is -2.09. The van der Waals surface area contributed by atoms with Crippen LogP contribution in [0.25, 0.3) is 0 Å². The molecule has 0 aliphatic carbocycles. The summed E-state index contributed by atoms with van der Waals surface area (Å²) in [6, 6.07) is 4.21. The molecule has 0 aliphatic heterocycles. The van der Waals surface area contributed by atoms with E-state index in [4.69, 9.17) is 0 Å². The molecule has 0 bridgehead atoms. The number of rotatable bonds is 7. The zero-order chi connectivity index (χ0) is 10.2. The first kappa shape index (κ1) is 11.7. The van der Waals surface area contributed by atoms with Crippen molar-refractivity contribution in [3.8, 4) is 0 Å². The number of hydrogen-bond acceptors (Lipinski definition) is 2. The summed E-state index contributed by atoms with van der Waals surface area (Å²) in [5.74, 6) is 0. The molecule has 2 N–H and O–H groups in total. The molecule has 1 atom stereocenters. The molecule has 0 saturated heterocycles. The number of hydrogen-bond donors (Lipinski definition) is 2. The van der Waals surface area contributed by atoms with Gasteiger partial charge in [0.25, 0.3) is 0 Å². The van der Waals surface area contributed by atoms with Crippen LogP contribution in [-0.2, 0) is 6.42 Å². The molecule has 2 nitrogen and oxygen atoms in total. The average molecular weight is 212 g/mol. The molecule has 1 rings (SSSR count). The van der Waals surface area contributed by atoms with E-state index >= 15 is 0 Å². The lowest BCUT2D eigenvalue weighted by atomic mass is 10.2. The summed E-state index contributed by atoms with van der Waals surface area (Å²) in [6.07, 6.45) is 7.81. The Hall–Kier alpha value is -0.410. The molecule has 0 aromatic carbocycles. The fourth-order valence-electron chi connectivity index (χ4n) is 1.35. The molecular formula is C11H20N2S. The molecule has 80 valence electrons. The van der Waals surface area contributed by atoms with Crippen molar-refractivity contribution in [3.05, 3.63) is 24.0 Å². The second-order valence-electron chi connectivity index (χ2n) is 3.48. The van der Waals surface area contributed by atoms with E-state index in [1.165, 1.54) is 25.0 Å². The molecule has 0 spiro atoms. The largest absolute Gasteiger partial charge is 0.365 e. The van der Waals surface area contributed by atoms with E-state index in [0.717, 1.165) is 6.54 Å². The predicted molar refractivity (Wildman–Crippen MR) is 64.7 cm³/mol. The molecule has 0 aliphatic rings. The highest BCUT2D eigenvalue weighted by atomic mass is 32.2. The first-order chi connectivity index (χ1) is 6.83. The van der Waals surface area contributed by atoms with Gasteiger partial charge in [0, 0.05) is 11.9 Å². The van der Waals surface area contributed by atoms with Crippen LogP contribution in [0.4, 0.5) is 0 Å². The second-order valence-corrected chi connectivity index (χ2v) is 4.66. The minimum atomic E-state index is 0.584. The van der Waals surface area contributed by atoms with Crippen molar-refractivity contribution in [1.82, 2.24) is 10.3 Å². The average Bonchev–Trinajstić information content (AvgIpc) is 2.69. The van der Waals surface area contributed by atoms with E-state index in [-0.39, 0.29) is 0 Å². The summed E-state index contributed by atoms with van der Waals surface area (Å²) < 4.78 is 0. The van der Waals surface area contributed by atoms with Gasteiger partial charge in [0.15, 0.2) is 0 Å². The normalized spacial score (nSPS) is 13.0. The van der Waals surface area contributed by atoms with E-state index < -0.39 is 0 Å². The fourth-order valence-corrected chi connectivity index (χ4v) is 1.64. The van der Waals surface area contributed by atoms with Crippen molar-refractivity contribution < 1.29 is 0 Å². The Morgan fingerprint density at radius 2 is 2.36 bits per heavy atom. The number of H-pyrrole nitrogens is 1. The quantitative estimate of drug-likeness (QED) is 0.537. The predicted octanol–water partition coefficient (Wildman–Crippen LogP) is 2.64. The molecule has 1 unspecified atom stereocenters. The maximum atomic E-state index is 3.47. The van der Waals surface area contributed by atoms with Gasteiger partial charge in [0.05, 0.1) is 5.37 Å². The molecule has 1 heterocycles. The van der Waals surface area contributed by atoms with Crippen molar-refractivity contribution in [2.75, 3.05) is 12.8 Å². The highest BCUT2D eigenvalue weighted by Crippen LogP contribution is 2.03. The lowest BCUT2D eigenvalue weighted by molar-refractivity contribution is 0.618. The number of thioether (sulfide) groups is 1. The Morgan fingerprint density at radius 3 is 3.00 bits per heavy atom. The van der Waals surface area contributed by atoms with Crippen LogP contribution in [-0.4, -0.2) is 23.2 Å². The van der Waals surface area contributed by atoms with Crippen LogP contribution in [0.5, 0.6) is 0 Å². The zero-order valence-corrected chi connectivity index (χ0v) is 9.86. The second kappa shape index (κ2) is 6.96. The Kier molecular flexibility index (Phi) is 5.80. The highest BCUT2D eigenvalue weighted by molar-refractivity contribution is 7.99. The minimum Gasteiger partial charge on any atom is -0.365 e. The molecule has 0 saturated carbocycles. The van der Waals surface area contributed by atoms with E-state index in [1.807, 2.05) is 18.0 Å². The van der Waals surface area contributed by atoms with E-state index in [1.54, 1.807) is 0 Å². The van der Waals surface area contributed by atoms with Crippen molar-refractivity contribution >= 4 is 11.8 Å². The lowest BCUT2D eigenvalue weighted by Crippen LogP contribution is -2.23. The molecule has 1 aromatic rings. The Labute approximate surface area is 90.9 Å². The number of aromatic nitrogens is 1. The Balaban J connectivity index is 1.95. The van der Waals surface area contributed by atoms with Gasteiger partial charge in [-0.3, -0.25) is 0 Å². The standard InChI is InChI=1S/C11H20N2S/c1-10(14-2)12-8-4-3-6-11-7-5-9-13-11/h5,7,9-10,12-13H,3-4,6,8H2,1-2H3. The van der Waals surface area contributed by atoms with Gasteiger partial charge in [0.1, 0.15) is 0 Å².